The molecule has 23 heavy (non-hydrogen) atoms. The van der Waals surface area contributed by atoms with Crippen LogP contribution in [0.5, 0.6) is 0 Å². The number of carboxylic acids is 1. The fourth-order valence-corrected chi connectivity index (χ4v) is 1.86. The van der Waals surface area contributed by atoms with Crippen LogP contribution < -0.4 is 5.43 Å². The molecule has 8 nitrogen and oxygen atoms in total. The van der Waals surface area contributed by atoms with Gasteiger partial charge >= 0.3 is 5.97 Å². The van der Waals surface area contributed by atoms with Crippen LogP contribution in [0.1, 0.15) is 6.42 Å². The van der Waals surface area contributed by atoms with Crippen molar-refractivity contribution in [2.75, 3.05) is 32.8 Å². The van der Waals surface area contributed by atoms with Crippen molar-refractivity contribution in [2.24, 2.45) is 0 Å². The Morgan fingerprint density at radius 1 is 1.30 bits per heavy atom. The molecule has 0 aromatic heterocycles. The lowest BCUT2D eigenvalue weighted by Crippen LogP contribution is -2.45. The number of morpholine rings is 1. The molecule has 0 atom stereocenters. The van der Waals surface area contributed by atoms with E-state index in [1.54, 1.807) is 6.08 Å². The molecule has 1 heterocycles. The van der Waals surface area contributed by atoms with E-state index in [9.17, 15) is 14.4 Å². The molecule has 0 aliphatic carbocycles. The van der Waals surface area contributed by atoms with Crippen molar-refractivity contribution in [1.82, 2.24) is 15.3 Å². The summed E-state index contributed by atoms with van der Waals surface area (Å²) in [5.41, 5.74) is 1.60. The average Bonchev–Trinajstić information content (AvgIpc) is 2.56. The molecule has 0 radical (unpaired) electrons. The van der Waals surface area contributed by atoms with Gasteiger partial charge in [-0.1, -0.05) is 19.2 Å². The van der Waals surface area contributed by atoms with Gasteiger partial charge in [-0.05, 0) is 12.5 Å². The summed E-state index contributed by atoms with van der Waals surface area (Å²) >= 11 is 0. The fourth-order valence-electron chi connectivity index (χ4n) is 1.86. The molecule has 1 fully saturated rings. The molecule has 0 aromatic rings. The lowest BCUT2D eigenvalue weighted by Gasteiger charge is -2.25. The van der Waals surface area contributed by atoms with Gasteiger partial charge in [-0.2, -0.15) is 0 Å². The maximum absolute atomic E-state index is 11.8. The summed E-state index contributed by atoms with van der Waals surface area (Å²) < 4.78 is 5.24. The number of ether oxygens (including phenoxy) is 1. The highest BCUT2D eigenvalue weighted by atomic mass is 16.5. The third kappa shape index (κ3) is 6.45. The van der Waals surface area contributed by atoms with Gasteiger partial charge in [0.1, 0.15) is 5.70 Å². The Morgan fingerprint density at radius 2 is 1.96 bits per heavy atom. The minimum Gasteiger partial charge on any atom is -0.477 e. The van der Waals surface area contributed by atoms with Gasteiger partial charge in [-0.15, -0.1) is 0 Å². The van der Waals surface area contributed by atoms with Crippen molar-refractivity contribution >= 4 is 17.8 Å². The molecule has 1 aliphatic heterocycles. The summed E-state index contributed by atoms with van der Waals surface area (Å²) in [6.07, 6.45) is 4.45. The van der Waals surface area contributed by atoms with Crippen LogP contribution in [-0.4, -0.2) is 65.6 Å². The predicted octanol–water partition coefficient (Wildman–Crippen LogP) is -0.0910. The standard InChI is InChI=1S/C15H21N3O5/c1-3-14(20)18(12(2)15(21)22)16-13(19)6-4-5-7-17-8-10-23-11-9-17/h3-4,6H,1-2,5,7-11H2,(H,16,19)(H,21,22). The molecule has 2 N–H and O–H groups in total. The highest BCUT2D eigenvalue weighted by Gasteiger charge is 2.20. The molecule has 8 heteroatoms. The molecule has 0 unspecified atom stereocenters. The third-order valence-corrected chi connectivity index (χ3v) is 3.12. The van der Waals surface area contributed by atoms with Crippen molar-refractivity contribution in [3.05, 3.63) is 37.1 Å². The van der Waals surface area contributed by atoms with E-state index in [4.69, 9.17) is 9.84 Å². The second kappa shape index (κ2) is 9.54. The Morgan fingerprint density at radius 3 is 2.52 bits per heavy atom. The van der Waals surface area contributed by atoms with Crippen LogP contribution in [-0.2, 0) is 19.1 Å². The Kier molecular flexibility index (Phi) is 7.72. The SMILES string of the molecule is C=CC(=O)N(NC(=O)C=CCCN1CCOCC1)C(=C)C(=O)O. The van der Waals surface area contributed by atoms with Crippen molar-refractivity contribution in [3.63, 3.8) is 0 Å². The average molecular weight is 323 g/mol. The highest BCUT2D eigenvalue weighted by Crippen LogP contribution is 2.01. The first kappa shape index (κ1) is 18.6. The lowest BCUT2D eigenvalue weighted by molar-refractivity contribution is -0.141. The second-order valence-electron chi connectivity index (χ2n) is 4.75. The monoisotopic (exact) mass is 323 g/mol. The van der Waals surface area contributed by atoms with Crippen LogP contribution in [0.25, 0.3) is 0 Å². The third-order valence-electron chi connectivity index (χ3n) is 3.12. The van der Waals surface area contributed by atoms with E-state index in [0.717, 1.165) is 25.7 Å². The molecule has 126 valence electrons. The summed E-state index contributed by atoms with van der Waals surface area (Å²) in [5.74, 6) is -2.83. The van der Waals surface area contributed by atoms with Crippen LogP contribution in [0, 0.1) is 0 Å². The first-order chi connectivity index (χ1) is 11.0. The van der Waals surface area contributed by atoms with Crippen molar-refractivity contribution < 1.29 is 24.2 Å². The quantitative estimate of drug-likeness (QED) is 0.502. The molecule has 1 saturated heterocycles. The molecule has 1 rings (SSSR count). The van der Waals surface area contributed by atoms with E-state index in [1.807, 2.05) is 0 Å². The largest absolute Gasteiger partial charge is 0.477 e. The molecule has 0 saturated carbocycles. The van der Waals surface area contributed by atoms with Gasteiger partial charge in [-0.3, -0.25) is 19.9 Å². The zero-order valence-corrected chi connectivity index (χ0v) is 12.9. The molecule has 0 bridgehead atoms. The van der Waals surface area contributed by atoms with Crippen molar-refractivity contribution in [1.29, 1.82) is 0 Å². The summed E-state index contributed by atoms with van der Waals surface area (Å²) in [6, 6.07) is 0. The number of rotatable bonds is 7. The van der Waals surface area contributed by atoms with Crippen molar-refractivity contribution in [3.8, 4) is 0 Å². The van der Waals surface area contributed by atoms with Gasteiger partial charge in [0.25, 0.3) is 11.8 Å². The van der Waals surface area contributed by atoms with E-state index in [0.29, 0.717) is 24.6 Å². The Balaban J connectivity index is 2.46. The number of hydrazine groups is 1. The number of carboxylic acid groups (broad SMARTS) is 1. The Bertz CT molecular complexity index is 509. The number of hydrogen-bond acceptors (Lipinski definition) is 5. The van der Waals surface area contributed by atoms with Crippen molar-refractivity contribution in [2.45, 2.75) is 6.42 Å². The first-order valence-electron chi connectivity index (χ1n) is 7.11. The maximum Gasteiger partial charge on any atom is 0.353 e. The van der Waals surface area contributed by atoms with Crippen LogP contribution in [0.2, 0.25) is 0 Å². The van der Waals surface area contributed by atoms with Gasteiger partial charge in [0, 0.05) is 25.7 Å². The number of hydrogen-bond donors (Lipinski definition) is 2. The van der Waals surface area contributed by atoms with Gasteiger partial charge in [0.05, 0.1) is 13.2 Å². The van der Waals surface area contributed by atoms with Gasteiger partial charge < -0.3 is 9.84 Å². The Labute approximate surface area is 134 Å². The number of amides is 2. The summed E-state index contributed by atoms with van der Waals surface area (Å²) in [4.78, 5) is 36.4. The zero-order chi connectivity index (χ0) is 17.2. The molecule has 2 amide bonds. The van der Waals surface area contributed by atoms with Crippen LogP contribution >= 0.6 is 0 Å². The van der Waals surface area contributed by atoms with Crippen LogP contribution in [0.4, 0.5) is 0 Å². The number of carbonyl (C=O) groups is 3. The number of nitrogens with one attached hydrogen (secondary N) is 1. The highest BCUT2D eigenvalue weighted by molar-refractivity contribution is 5.98. The molecule has 0 spiro atoms. The van der Waals surface area contributed by atoms with Gasteiger partial charge in [-0.25, -0.2) is 9.80 Å². The molecular weight excluding hydrogens is 302 g/mol. The predicted molar refractivity (Wildman–Crippen MR) is 83.0 cm³/mol. The van der Waals surface area contributed by atoms with E-state index in [-0.39, 0.29) is 0 Å². The second-order valence-corrected chi connectivity index (χ2v) is 4.75. The van der Waals surface area contributed by atoms with E-state index in [2.05, 4.69) is 23.5 Å². The lowest BCUT2D eigenvalue weighted by atomic mass is 10.3. The Hall–Kier alpha value is -2.45. The minimum atomic E-state index is -1.42. The fraction of sp³-hybridized carbons (Fsp3) is 0.400. The van der Waals surface area contributed by atoms with Gasteiger partial charge in [0.15, 0.2) is 0 Å². The van der Waals surface area contributed by atoms with Crippen LogP contribution in [0.15, 0.2) is 37.1 Å². The number of aliphatic carboxylic acids is 1. The molecular formula is C15H21N3O5. The molecule has 0 aromatic carbocycles. The molecule has 1 aliphatic rings. The summed E-state index contributed by atoms with van der Waals surface area (Å²) in [5, 5.41) is 9.40. The van der Waals surface area contributed by atoms with E-state index in [1.165, 1.54) is 6.08 Å². The minimum absolute atomic E-state index is 0.546. The summed E-state index contributed by atoms with van der Waals surface area (Å²) in [6.45, 7) is 10.4. The van der Waals surface area contributed by atoms with E-state index >= 15 is 0 Å². The maximum atomic E-state index is 11.8. The smallest absolute Gasteiger partial charge is 0.353 e. The zero-order valence-electron chi connectivity index (χ0n) is 12.9. The van der Waals surface area contributed by atoms with Crippen LogP contribution in [0.3, 0.4) is 0 Å². The number of carbonyl (C=O) groups excluding carboxylic acids is 2. The topological polar surface area (TPSA) is 99.2 Å². The van der Waals surface area contributed by atoms with E-state index < -0.39 is 23.5 Å². The summed E-state index contributed by atoms with van der Waals surface area (Å²) in [7, 11) is 0. The van der Waals surface area contributed by atoms with Gasteiger partial charge in [0.2, 0.25) is 0 Å². The first-order valence-corrected chi connectivity index (χ1v) is 7.11. The normalized spacial score (nSPS) is 15.1. The number of nitrogens with zero attached hydrogens (tertiary/aromatic N) is 2.